The number of guanidine groups is 1. The van der Waals surface area contributed by atoms with Gasteiger partial charge in [-0.25, -0.2) is 12.7 Å². The van der Waals surface area contributed by atoms with Crippen molar-refractivity contribution >= 4 is 16.0 Å². The molecule has 1 aliphatic heterocycles. The molecule has 0 amide bonds. The van der Waals surface area contributed by atoms with Gasteiger partial charge in [0, 0.05) is 33.2 Å². The first-order valence-electron chi connectivity index (χ1n) is 10.7. The van der Waals surface area contributed by atoms with E-state index < -0.39 is 10.0 Å². The van der Waals surface area contributed by atoms with E-state index in [-0.39, 0.29) is 6.04 Å². The van der Waals surface area contributed by atoms with Crippen LogP contribution >= 0.6 is 0 Å². The van der Waals surface area contributed by atoms with Gasteiger partial charge in [-0.2, -0.15) is 0 Å². The first-order chi connectivity index (χ1) is 14.4. The van der Waals surface area contributed by atoms with Gasteiger partial charge in [0.2, 0.25) is 10.0 Å². The molecule has 0 aromatic heterocycles. The molecule has 1 fully saturated rings. The number of methoxy groups -OCH3 is 1. The standard InChI is InChI=1S/C21H37N5O3S/c1-5-26(30(4,27)28)16-8-13-23-21(22-2)24-17-20(25-14-6-7-15-25)18-9-11-19(29-3)12-10-18/h9-12,20H,5-8,13-17H2,1-4H3,(H2,22,23,24). The summed E-state index contributed by atoms with van der Waals surface area (Å²) in [5.41, 5.74) is 1.26. The van der Waals surface area contributed by atoms with Crippen molar-refractivity contribution in [3.63, 3.8) is 0 Å². The van der Waals surface area contributed by atoms with Gasteiger partial charge in [0.1, 0.15) is 5.75 Å². The minimum Gasteiger partial charge on any atom is -0.497 e. The fourth-order valence-electron chi connectivity index (χ4n) is 3.77. The Labute approximate surface area is 181 Å². The summed E-state index contributed by atoms with van der Waals surface area (Å²) in [6.45, 7) is 6.45. The number of rotatable bonds is 11. The average molecular weight is 440 g/mol. The molecule has 30 heavy (non-hydrogen) atoms. The second-order valence-electron chi connectivity index (χ2n) is 7.52. The maximum absolute atomic E-state index is 11.7. The smallest absolute Gasteiger partial charge is 0.211 e. The molecule has 1 aliphatic rings. The minimum absolute atomic E-state index is 0.262. The van der Waals surface area contributed by atoms with Crippen molar-refractivity contribution in [3.8, 4) is 5.75 Å². The summed E-state index contributed by atoms with van der Waals surface area (Å²) in [5.74, 6) is 1.59. The van der Waals surface area contributed by atoms with Gasteiger partial charge in [-0.1, -0.05) is 19.1 Å². The Morgan fingerprint density at radius 1 is 1.23 bits per heavy atom. The lowest BCUT2D eigenvalue weighted by Gasteiger charge is -2.29. The Kier molecular flexibility index (Phi) is 9.87. The zero-order valence-electron chi connectivity index (χ0n) is 18.7. The summed E-state index contributed by atoms with van der Waals surface area (Å²) in [4.78, 5) is 6.82. The van der Waals surface area contributed by atoms with Crippen LogP contribution in [-0.2, 0) is 10.0 Å². The van der Waals surface area contributed by atoms with E-state index in [1.54, 1.807) is 14.2 Å². The van der Waals surface area contributed by atoms with Crippen molar-refractivity contribution in [2.75, 3.05) is 59.7 Å². The fraction of sp³-hybridized carbons (Fsp3) is 0.667. The van der Waals surface area contributed by atoms with Crippen LogP contribution in [0.4, 0.5) is 0 Å². The SMILES string of the molecule is CCN(CCCNC(=NC)NCC(c1ccc(OC)cc1)N1CCCC1)S(C)(=O)=O. The molecular weight excluding hydrogens is 402 g/mol. The Morgan fingerprint density at radius 2 is 1.90 bits per heavy atom. The summed E-state index contributed by atoms with van der Waals surface area (Å²) < 4.78 is 30.1. The number of sulfonamides is 1. The molecule has 1 unspecified atom stereocenters. The van der Waals surface area contributed by atoms with Gasteiger partial charge >= 0.3 is 0 Å². The summed E-state index contributed by atoms with van der Waals surface area (Å²) in [6.07, 6.45) is 4.43. The number of benzene rings is 1. The molecule has 1 aromatic carbocycles. The van der Waals surface area contributed by atoms with Crippen LogP contribution in [0.15, 0.2) is 29.3 Å². The molecular formula is C21H37N5O3S. The van der Waals surface area contributed by atoms with E-state index in [2.05, 4.69) is 32.7 Å². The van der Waals surface area contributed by atoms with Crippen molar-refractivity contribution in [1.82, 2.24) is 19.8 Å². The van der Waals surface area contributed by atoms with Gasteiger partial charge < -0.3 is 15.4 Å². The molecule has 0 bridgehead atoms. The Balaban J connectivity index is 1.89. The topological polar surface area (TPSA) is 86.3 Å². The largest absolute Gasteiger partial charge is 0.497 e. The summed E-state index contributed by atoms with van der Waals surface area (Å²) in [6, 6.07) is 8.53. The lowest BCUT2D eigenvalue weighted by Crippen LogP contribution is -2.43. The second kappa shape index (κ2) is 12.1. The number of nitrogens with zero attached hydrogens (tertiary/aromatic N) is 3. The first-order valence-corrected chi connectivity index (χ1v) is 12.5. The molecule has 2 N–H and O–H groups in total. The molecule has 0 aliphatic carbocycles. The van der Waals surface area contributed by atoms with Gasteiger partial charge in [-0.15, -0.1) is 0 Å². The Hall–Kier alpha value is -1.84. The molecule has 0 spiro atoms. The Morgan fingerprint density at radius 3 is 2.43 bits per heavy atom. The normalized spacial score (nSPS) is 16.6. The first kappa shape index (κ1) is 24.4. The van der Waals surface area contributed by atoms with Gasteiger partial charge in [-0.3, -0.25) is 9.89 Å². The van der Waals surface area contributed by atoms with E-state index in [0.29, 0.717) is 19.6 Å². The van der Waals surface area contributed by atoms with Crippen LogP contribution in [0.5, 0.6) is 5.75 Å². The molecule has 0 saturated carbocycles. The van der Waals surface area contributed by atoms with Crippen LogP contribution in [0.3, 0.4) is 0 Å². The van der Waals surface area contributed by atoms with Gasteiger partial charge in [-0.05, 0) is 50.0 Å². The van der Waals surface area contributed by atoms with E-state index in [1.165, 1.54) is 29.0 Å². The van der Waals surface area contributed by atoms with Crippen molar-refractivity contribution in [1.29, 1.82) is 0 Å². The average Bonchev–Trinajstić information content (AvgIpc) is 3.26. The minimum atomic E-state index is -3.14. The quantitative estimate of drug-likeness (QED) is 0.310. The number of ether oxygens (including phenoxy) is 1. The third-order valence-electron chi connectivity index (χ3n) is 5.47. The highest BCUT2D eigenvalue weighted by Gasteiger charge is 2.23. The lowest BCUT2D eigenvalue weighted by atomic mass is 10.1. The lowest BCUT2D eigenvalue weighted by molar-refractivity contribution is 0.245. The monoisotopic (exact) mass is 439 g/mol. The molecule has 1 heterocycles. The highest BCUT2D eigenvalue weighted by molar-refractivity contribution is 7.88. The molecule has 9 heteroatoms. The van der Waals surface area contributed by atoms with Gasteiger partial charge in [0.25, 0.3) is 0 Å². The highest BCUT2D eigenvalue weighted by Crippen LogP contribution is 2.26. The number of hydrogen-bond acceptors (Lipinski definition) is 5. The van der Waals surface area contributed by atoms with Crippen LogP contribution in [-0.4, -0.2) is 83.3 Å². The number of likely N-dealkylation sites (tertiary alicyclic amines) is 1. The predicted molar refractivity (Wildman–Crippen MR) is 123 cm³/mol. The summed E-state index contributed by atoms with van der Waals surface area (Å²) in [5, 5.41) is 6.73. The zero-order valence-corrected chi connectivity index (χ0v) is 19.5. The van der Waals surface area contributed by atoms with Crippen molar-refractivity contribution in [2.24, 2.45) is 4.99 Å². The van der Waals surface area contributed by atoms with E-state index in [0.717, 1.165) is 37.8 Å². The second-order valence-corrected chi connectivity index (χ2v) is 9.50. The maximum Gasteiger partial charge on any atom is 0.211 e. The molecule has 1 atom stereocenters. The van der Waals surface area contributed by atoms with Crippen LogP contribution in [0.25, 0.3) is 0 Å². The zero-order chi connectivity index (χ0) is 22.0. The molecule has 0 radical (unpaired) electrons. The van der Waals surface area contributed by atoms with Crippen LogP contribution in [0.2, 0.25) is 0 Å². The summed E-state index contributed by atoms with van der Waals surface area (Å²) in [7, 11) is 0.290. The third-order valence-corrected chi connectivity index (χ3v) is 6.85. The summed E-state index contributed by atoms with van der Waals surface area (Å²) >= 11 is 0. The highest BCUT2D eigenvalue weighted by atomic mass is 32.2. The molecule has 1 saturated heterocycles. The number of nitrogens with one attached hydrogen (secondary N) is 2. The molecule has 2 rings (SSSR count). The van der Waals surface area contributed by atoms with Gasteiger partial charge in [0.05, 0.1) is 19.4 Å². The van der Waals surface area contributed by atoms with E-state index in [1.807, 2.05) is 19.1 Å². The van der Waals surface area contributed by atoms with E-state index in [9.17, 15) is 8.42 Å². The molecule has 8 nitrogen and oxygen atoms in total. The Bertz CT molecular complexity index is 761. The van der Waals surface area contributed by atoms with E-state index >= 15 is 0 Å². The third kappa shape index (κ3) is 7.45. The van der Waals surface area contributed by atoms with Gasteiger partial charge in [0.15, 0.2) is 5.96 Å². The van der Waals surface area contributed by atoms with Crippen molar-refractivity contribution in [2.45, 2.75) is 32.2 Å². The number of aliphatic imine (C=N–C) groups is 1. The predicted octanol–water partition coefficient (Wildman–Crippen LogP) is 1.67. The van der Waals surface area contributed by atoms with Crippen LogP contribution < -0.4 is 15.4 Å². The van der Waals surface area contributed by atoms with Crippen molar-refractivity contribution < 1.29 is 13.2 Å². The number of hydrogen-bond donors (Lipinski definition) is 2. The van der Waals surface area contributed by atoms with Crippen molar-refractivity contribution in [3.05, 3.63) is 29.8 Å². The molecule has 1 aromatic rings. The van der Waals surface area contributed by atoms with Crippen LogP contribution in [0, 0.1) is 0 Å². The molecule has 170 valence electrons. The van der Waals surface area contributed by atoms with Crippen LogP contribution in [0.1, 0.15) is 37.8 Å². The maximum atomic E-state index is 11.7. The fourth-order valence-corrected chi connectivity index (χ4v) is 4.70. The van der Waals surface area contributed by atoms with E-state index in [4.69, 9.17) is 4.74 Å².